The third kappa shape index (κ3) is 3.25. The Hall–Kier alpha value is -3.10. The van der Waals surface area contributed by atoms with Gasteiger partial charge in [-0.05, 0) is 25.5 Å². The number of carbonyl (C=O) groups excluding carboxylic acids is 2. The maximum absolute atomic E-state index is 12.3. The fraction of sp³-hybridized carbons (Fsp3) is 0.375. The molecule has 0 unspecified atom stereocenters. The largest absolute Gasteiger partial charge is 0.490 e. The lowest BCUT2D eigenvalue weighted by molar-refractivity contribution is -0.385. The standard InChI is InChI=1S/C16H19N3O6/c1-5-18-9(2)13(15(20)25-4)14(17-16(18)21)10-6-7-12(24-3)11(8-10)19(22)23/h6-8,14H,5H2,1-4H3,(H,17,21)/t14-/m0/s1. The number of rotatable bonds is 5. The van der Waals surface area contributed by atoms with Crippen LogP contribution in [-0.4, -0.2) is 42.6 Å². The maximum atomic E-state index is 12.3. The summed E-state index contributed by atoms with van der Waals surface area (Å²) in [5.74, 6) is -0.522. The minimum atomic E-state index is -0.854. The van der Waals surface area contributed by atoms with Gasteiger partial charge in [0.25, 0.3) is 0 Å². The van der Waals surface area contributed by atoms with Crippen molar-refractivity contribution in [2.24, 2.45) is 0 Å². The van der Waals surface area contributed by atoms with E-state index in [0.717, 1.165) is 0 Å². The van der Waals surface area contributed by atoms with Crippen LogP contribution in [0.1, 0.15) is 25.5 Å². The van der Waals surface area contributed by atoms with Crippen LogP contribution in [-0.2, 0) is 9.53 Å². The molecule has 9 heteroatoms. The maximum Gasteiger partial charge on any atom is 0.337 e. The first-order chi connectivity index (χ1) is 11.8. The van der Waals surface area contributed by atoms with E-state index in [-0.39, 0.29) is 17.0 Å². The first kappa shape index (κ1) is 18.2. The summed E-state index contributed by atoms with van der Waals surface area (Å²) in [7, 11) is 2.57. The Balaban J connectivity index is 2.61. The number of benzene rings is 1. The van der Waals surface area contributed by atoms with Crippen molar-refractivity contribution in [1.82, 2.24) is 10.2 Å². The molecule has 0 saturated heterocycles. The molecule has 1 aromatic rings. The van der Waals surface area contributed by atoms with Crippen LogP contribution in [0.5, 0.6) is 5.75 Å². The van der Waals surface area contributed by atoms with Crippen molar-refractivity contribution < 1.29 is 24.0 Å². The van der Waals surface area contributed by atoms with Crippen molar-refractivity contribution in [3.63, 3.8) is 0 Å². The molecule has 9 nitrogen and oxygen atoms in total. The highest BCUT2D eigenvalue weighted by Crippen LogP contribution is 2.35. The number of allylic oxidation sites excluding steroid dienone is 1. The summed E-state index contributed by atoms with van der Waals surface area (Å²) in [6.07, 6.45) is 0. The Kier molecular flexibility index (Phi) is 5.26. The zero-order valence-electron chi connectivity index (χ0n) is 14.4. The van der Waals surface area contributed by atoms with E-state index in [1.165, 1.54) is 31.3 Å². The summed E-state index contributed by atoms with van der Waals surface area (Å²) in [5, 5.41) is 13.9. The summed E-state index contributed by atoms with van der Waals surface area (Å²) in [6.45, 7) is 3.78. The van der Waals surface area contributed by atoms with Crippen LogP contribution in [0, 0.1) is 10.1 Å². The number of amides is 2. The zero-order chi connectivity index (χ0) is 18.7. The molecule has 0 fully saturated rings. The van der Waals surface area contributed by atoms with E-state index in [0.29, 0.717) is 17.8 Å². The van der Waals surface area contributed by atoms with E-state index in [1.807, 2.05) is 0 Å². The number of methoxy groups -OCH3 is 2. The topological polar surface area (TPSA) is 111 Å². The highest BCUT2D eigenvalue weighted by atomic mass is 16.6. The molecule has 0 spiro atoms. The molecule has 0 bridgehead atoms. The Labute approximate surface area is 144 Å². The van der Waals surface area contributed by atoms with Gasteiger partial charge in [0.1, 0.15) is 0 Å². The molecule has 1 aliphatic heterocycles. The fourth-order valence-electron chi connectivity index (χ4n) is 2.82. The van der Waals surface area contributed by atoms with Gasteiger partial charge in [-0.3, -0.25) is 15.0 Å². The number of hydrogen-bond donors (Lipinski definition) is 1. The quantitative estimate of drug-likeness (QED) is 0.495. The van der Waals surface area contributed by atoms with E-state index in [4.69, 9.17) is 9.47 Å². The van der Waals surface area contributed by atoms with Crippen LogP contribution in [0.2, 0.25) is 0 Å². The molecule has 25 heavy (non-hydrogen) atoms. The molecule has 0 aromatic heterocycles. The van der Waals surface area contributed by atoms with Gasteiger partial charge in [-0.25, -0.2) is 9.59 Å². The van der Waals surface area contributed by atoms with E-state index < -0.39 is 23.0 Å². The van der Waals surface area contributed by atoms with Crippen LogP contribution in [0.4, 0.5) is 10.5 Å². The number of nitro benzene ring substituents is 1. The highest BCUT2D eigenvalue weighted by Gasteiger charge is 2.36. The molecular formula is C16H19N3O6. The third-order valence-electron chi connectivity index (χ3n) is 4.05. The zero-order valence-corrected chi connectivity index (χ0v) is 14.4. The fourth-order valence-corrected chi connectivity index (χ4v) is 2.82. The molecule has 1 atom stereocenters. The van der Waals surface area contributed by atoms with Crippen molar-refractivity contribution in [2.45, 2.75) is 19.9 Å². The second-order valence-electron chi connectivity index (χ2n) is 5.31. The smallest absolute Gasteiger partial charge is 0.337 e. The average Bonchev–Trinajstić information content (AvgIpc) is 2.60. The normalized spacial score (nSPS) is 17.2. The third-order valence-corrected chi connectivity index (χ3v) is 4.05. The number of nitrogens with one attached hydrogen (secondary N) is 1. The van der Waals surface area contributed by atoms with Crippen LogP contribution in [0.3, 0.4) is 0 Å². The van der Waals surface area contributed by atoms with Crippen molar-refractivity contribution in [2.75, 3.05) is 20.8 Å². The second-order valence-corrected chi connectivity index (χ2v) is 5.31. The van der Waals surface area contributed by atoms with Gasteiger partial charge in [0, 0.05) is 18.3 Å². The minimum Gasteiger partial charge on any atom is -0.490 e. The first-order valence-corrected chi connectivity index (χ1v) is 7.55. The number of urea groups is 1. The molecule has 2 amide bonds. The van der Waals surface area contributed by atoms with Crippen LogP contribution >= 0.6 is 0 Å². The van der Waals surface area contributed by atoms with Gasteiger partial charge in [0.15, 0.2) is 5.75 Å². The summed E-state index contributed by atoms with van der Waals surface area (Å²) in [6, 6.07) is 3.02. The van der Waals surface area contributed by atoms with E-state index >= 15 is 0 Å². The highest BCUT2D eigenvalue weighted by molar-refractivity contribution is 5.95. The molecule has 1 N–H and O–H groups in total. The van der Waals surface area contributed by atoms with Gasteiger partial charge in [-0.2, -0.15) is 0 Å². The molecule has 0 radical (unpaired) electrons. The number of hydrogen-bond acceptors (Lipinski definition) is 6. The van der Waals surface area contributed by atoms with E-state index in [1.54, 1.807) is 19.9 Å². The second kappa shape index (κ2) is 7.20. The molecule has 1 aliphatic rings. The number of esters is 1. The van der Waals surface area contributed by atoms with Gasteiger partial charge in [-0.15, -0.1) is 0 Å². The molecule has 0 aliphatic carbocycles. The van der Waals surface area contributed by atoms with Crippen molar-refractivity contribution in [3.8, 4) is 5.75 Å². The van der Waals surface area contributed by atoms with Gasteiger partial charge < -0.3 is 14.8 Å². The Morgan fingerprint density at radius 1 is 1.40 bits per heavy atom. The lowest BCUT2D eigenvalue weighted by atomic mass is 9.94. The number of ether oxygens (including phenoxy) is 2. The van der Waals surface area contributed by atoms with Crippen molar-refractivity contribution in [1.29, 1.82) is 0 Å². The van der Waals surface area contributed by atoms with Gasteiger partial charge in [-0.1, -0.05) is 6.07 Å². The molecule has 1 aromatic carbocycles. The van der Waals surface area contributed by atoms with Crippen LogP contribution in [0.15, 0.2) is 29.5 Å². The van der Waals surface area contributed by atoms with Crippen LogP contribution in [0.25, 0.3) is 0 Å². The molecule has 1 heterocycles. The average molecular weight is 349 g/mol. The van der Waals surface area contributed by atoms with E-state index in [9.17, 15) is 19.7 Å². The summed E-state index contributed by atoms with van der Waals surface area (Å²) >= 11 is 0. The lowest BCUT2D eigenvalue weighted by Crippen LogP contribution is -2.47. The minimum absolute atomic E-state index is 0.0893. The number of carbonyl (C=O) groups is 2. The Morgan fingerprint density at radius 2 is 2.08 bits per heavy atom. The predicted molar refractivity (Wildman–Crippen MR) is 88.0 cm³/mol. The monoisotopic (exact) mass is 349 g/mol. The molecule has 2 rings (SSSR count). The summed E-state index contributed by atoms with van der Waals surface area (Å²) in [5.41, 5.74) is 0.801. The molecule has 0 saturated carbocycles. The Morgan fingerprint density at radius 3 is 2.60 bits per heavy atom. The predicted octanol–water partition coefficient (Wildman–Crippen LogP) is 2.14. The van der Waals surface area contributed by atoms with Crippen LogP contribution < -0.4 is 10.1 Å². The van der Waals surface area contributed by atoms with Crippen molar-refractivity contribution in [3.05, 3.63) is 45.1 Å². The van der Waals surface area contributed by atoms with Gasteiger partial charge in [0.05, 0.1) is 30.8 Å². The molecular weight excluding hydrogens is 330 g/mol. The first-order valence-electron chi connectivity index (χ1n) is 7.55. The van der Waals surface area contributed by atoms with Gasteiger partial charge in [0.2, 0.25) is 0 Å². The van der Waals surface area contributed by atoms with Gasteiger partial charge >= 0.3 is 17.7 Å². The van der Waals surface area contributed by atoms with Crippen molar-refractivity contribution >= 4 is 17.7 Å². The summed E-state index contributed by atoms with van der Waals surface area (Å²) in [4.78, 5) is 36.6. The SMILES string of the molecule is CCN1C(=O)N[C@@H](c2ccc(OC)c([N+](=O)[O-])c2)C(C(=O)OC)=C1C. The lowest BCUT2D eigenvalue weighted by Gasteiger charge is -2.34. The molecule has 134 valence electrons. The van der Waals surface area contributed by atoms with E-state index in [2.05, 4.69) is 5.32 Å². The number of nitrogens with zero attached hydrogens (tertiary/aromatic N) is 2. The number of nitro groups is 1. The summed E-state index contributed by atoms with van der Waals surface area (Å²) < 4.78 is 9.81. The Bertz CT molecular complexity index is 758.